The zero-order chi connectivity index (χ0) is 14.3. The number of hydrogen-bond acceptors (Lipinski definition) is 4. The maximum absolute atomic E-state index is 11.6. The molecule has 0 spiro atoms. The van der Waals surface area contributed by atoms with E-state index in [1.54, 1.807) is 19.9 Å². The highest BCUT2D eigenvalue weighted by atomic mass is 16.6. The van der Waals surface area contributed by atoms with E-state index in [0.29, 0.717) is 12.3 Å². The van der Waals surface area contributed by atoms with E-state index >= 15 is 0 Å². The second-order valence-electron chi connectivity index (χ2n) is 5.52. The summed E-state index contributed by atoms with van der Waals surface area (Å²) >= 11 is 0. The molecule has 0 saturated heterocycles. The summed E-state index contributed by atoms with van der Waals surface area (Å²) in [6.45, 7) is 3.52. The number of nitrogens with zero attached hydrogens (tertiary/aromatic N) is 1. The predicted molar refractivity (Wildman–Crippen MR) is 71.4 cm³/mol. The van der Waals surface area contributed by atoms with Crippen LogP contribution < -0.4 is 5.32 Å². The molecule has 1 saturated carbocycles. The van der Waals surface area contributed by atoms with Gasteiger partial charge < -0.3 is 15.2 Å². The monoisotopic (exact) mass is 268 g/mol. The lowest BCUT2D eigenvalue weighted by atomic mass is 9.84. The fraction of sp³-hybridized carbons (Fsp3) is 0.857. The summed E-state index contributed by atoms with van der Waals surface area (Å²) in [6, 6.07) is 1.26. The second-order valence-corrected chi connectivity index (χ2v) is 5.52. The van der Waals surface area contributed by atoms with Gasteiger partial charge in [0.15, 0.2) is 6.10 Å². The molecule has 1 amide bonds. The topological polar surface area (TPSA) is 82.3 Å². The Balaban J connectivity index is 2.51. The number of ether oxygens (including phenoxy) is 1. The smallest absolute Gasteiger partial charge is 0.407 e. The van der Waals surface area contributed by atoms with Crippen LogP contribution in [0.25, 0.3) is 0 Å². The summed E-state index contributed by atoms with van der Waals surface area (Å²) in [5.41, 5.74) is 0. The van der Waals surface area contributed by atoms with Crippen molar-refractivity contribution in [2.75, 3.05) is 0 Å². The van der Waals surface area contributed by atoms with Crippen LogP contribution in [0.4, 0.5) is 4.79 Å². The highest BCUT2D eigenvalue weighted by molar-refractivity contribution is 5.67. The zero-order valence-corrected chi connectivity index (χ0v) is 11.8. The van der Waals surface area contributed by atoms with Crippen molar-refractivity contribution >= 4 is 6.09 Å². The SMILES string of the molecule is CC(C)OC(=O)N[C@@H](CC1CCCCC1)[C@@H](O)C#N. The van der Waals surface area contributed by atoms with Gasteiger partial charge in [-0.15, -0.1) is 0 Å². The van der Waals surface area contributed by atoms with Crippen LogP contribution in [-0.2, 0) is 4.74 Å². The summed E-state index contributed by atoms with van der Waals surface area (Å²) in [6.07, 6.45) is 4.53. The Labute approximate surface area is 114 Å². The number of carbonyl (C=O) groups excluding carboxylic acids is 1. The Hall–Kier alpha value is -1.28. The number of hydrogen-bond donors (Lipinski definition) is 2. The Morgan fingerprint density at radius 3 is 2.58 bits per heavy atom. The fourth-order valence-electron chi connectivity index (χ4n) is 2.54. The number of aliphatic hydroxyl groups excluding tert-OH is 1. The van der Waals surface area contributed by atoms with Gasteiger partial charge in [-0.05, 0) is 26.2 Å². The lowest BCUT2D eigenvalue weighted by molar-refractivity contribution is 0.0951. The van der Waals surface area contributed by atoms with Gasteiger partial charge >= 0.3 is 6.09 Å². The van der Waals surface area contributed by atoms with E-state index in [2.05, 4.69) is 5.32 Å². The first-order chi connectivity index (χ1) is 9.02. The van der Waals surface area contributed by atoms with Crippen LogP contribution in [0.1, 0.15) is 52.4 Å². The molecule has 0 aromatic carbocycles. The molecule has 5 heteroatoms. The van der Waals surface area contributed by atoms with E-state index in [-0.39, 0.29) is 6.10 Å². The van der Waals surface area contributed by atoms with E-state index in [4.69, 9.17) is 10.00 Å². The summed E-state index contributed by atoms with van der Waals surface area (Å²) in [5.74, 6) is 0.473. The van der Waals surface area contributed by atoms with Gasteiger partial charge in [-0.1, -0.05) is 32.1 Å². The van der Waals surface area contributed by atoms with Crippen molar-refractivity contribution in [3.63, 3.8) is 0 Å². The highest BCUT2D eigenvalue weighted by Gasteiger charge is 2.26. The summed E-state index contributed by atoms with van der Waals surface area (Å²) < 4.78 is 4.99. The first-order valence-electron chi connectivity index (χ1n) is 7.07. The number of nitriles is 1. The molecule has 1 fully saturated rings. The third-order valence-electron chi connectivity index (χ3n) is 3.47. The molecular weight excluding hydrogens is 244 g/mol. The van der Waals surface area contributed by atoms with Gasteiger partial charge in [0, 0.05) is 0 Å². The van der Waals surface area contributed by atoms with Gasteiger partial charge in [-0.3, -0.25) is 0 Å². The van der Waals surface area contributed by atoms with Crippen LogP contribution in [0, 0.1) is 17.2 Å². The minimum absolute atomic E-state index is 0.213. The zero-order valence-electron chi connectivity index (χ0n) is 11.8. The minimum atomic E-state index is -1.18. The van der Waals surface area contributed by atoms with Crippen LogP contribution in [0.3, 0.4) is 0 Å². The van der Waals surface area contributed by atoms with E-state index in [1.165, 1.54) is 19.3 Å². The molecular formula is C14H24N2O3. The third-order valence-corrected chi connectivity index (χ3v) is 3.47. The van der Waals surface area contributed by atoms with E-state index < -0.39 is 18.2 Å². The highest BCUT2D eigenvalue weighted by Crippen LogP contribution is 2.28. The van der Waals surface area contributed by atoms with E-state index in [1.807, 2.05) is 0 Å². The molecule has 5 nitrogen and oxygen atoms in total. The van der Waals surface area contributed by atoms with Crippen molar-refractivity contribution in [3.8, 4) is 6.07 Å². The lowest BCUT2D eigenvalue weighted by Crippen LogP contribution is -2.45. The maximum Gasteiger partial charge on any atom is 0.407 e. The maximum atomic E-state index is 11.6. The van der Waals surface area contributed by atoms with Crippen molar-refractivity contribution in [3.05, 3.63) is 0 Å². The average molecular weight is 268 g/mol. The summed E-state index contributed by atoms with van der Waals surface area (Å²) in [4.78, 5) is 11.6. The van der Waals surface area contributed by atoms with Crippen LogP contribution in [0.2, 0.25) is 0 Å². The number of alkyl carbamates (subject to hydrolysis) is 1. The van der Waals surface area contributed by atoms with Crippen LogP contribution >= 0.6 is 0 Å². The number of carbonyl (C=O) groups is 1. The average Bonchev–Trinajstić information content (AvgIpc) is 2.37. The fourth-order valence-corrected chi connectivity index (χ4v) is 2.54. The number of nitrogens with one attached hydrogen (secondary N) is 1. The van der Waals surface area contributed by atoms with Gasteiger partial charge in [0.25, 0.3) is 0 Å². The van der Waals surface area contributed by atoms with Gasteiger partial charge in [0.1, 0.15) is 0 Å². The predicted octanol–water partition coefficient (Wildman–Crippen LogP) is 2.34. The molecule has 0 bridgehead atoms. The van der Waals surface area contributed by atoms with Crippen LogP contribution in [0.5, 0.6) is 0 Å². The van der Waals surface area contributed by atoms with Crippen molar-refractivity contribution in [1.29, 1.82) is 5.26 Å². The van der Waals surface area contributed by atoms with Gasteiger partial charge in [0.2, 0.25) is 0 Å². The molecule has 19 heavy (non-hydrogen) atoms. The van der Waals surface area contributed by atoms with Crippen LogP contribution in [0.15, 0.2) is 0 Å². The molecule has 0 aromatic heterocycles. The molecule has 0 aliphatic heterocycles. The van der Waals surface area contributed by atoms with Crippen molar-refractivity contribution in [1.82, 2.24) is 5.32 Å². The molecule has 1 aliphatic rings. The second kappa shape index (κ2) is 8.00. The molecule has 2 atom stereocenters. The van der Waals surface area contributed by atoms with Gasteiger partial charge in [-0.25, -0.2) is 4.79 Å². The Morgan fingerprint density at radius 1 is 1.42 bits per heavy atom. The molecule has 108 valence electrons. The summed E-state index contributed by atoms with van der Waals surface area (Å²) in [7, 11) is 0. The quantitative estimate of drug-likeness (QED) is 0.750. The Kier molecular flexibility index (Phi) is 6.65. The molecule has 0 unspecified atom stereocenters. The molecule has 0 aromatic rings. The summed E-state index contributed by atoms with van der Waals surface area (Å²) in [5, 5.41) is 21.1. The molecule has 1 rings (SSSR count). The first-order valence-corrected chi connectivity index (χ1v) is 7.07. The lowest BCUT2D eigenvalue weighted by Gasteiger charge is -2.27. The third kappa shape index (κ3) is 5.93. The Bertz CT molecular complexity index is 319. The van der Waals surface area contributed by atoms with Gasteiger partial charge in [-0.2, -0.15) is 5.26 Å². The number of amides is 1. The number of aliphatic hydroxyl groups is 1. The molecule has 2 N–H and O–H groups in total. The van der Waals surface area contributed by atoms with E-state index in [9.17, 15) is 9.90 Å². The van der Waals surface area contributed by atoms with Crippen molar-refractivity contribution in [2.24, 2.45) is 5.92 Å². The number of rotatable bonds is 5. The molecule has 0 heterocycles. The van der Waals surface area contributed by atoms with E-state index in [0.717, 1.165) is 12.8 Å². The van der Waals surface area contributed by atoms with Gasteiger partial charge in [0.05, 0.1) is 18.2 Å². The molecule has 0 radical (unpaired) electrons. The van der Waals surface area contributed by atoms with Crippen molar-refractivity contribution in [2.45, 2.75) is 70.6 Å². The standard InChI is InChI=1S/C14H24N2O3/c1-10(2)19-14(18)16-12(13(17)9-15)8-11-6-4-3-5-7-11/h10-13,17H,3-8H2,1-2H3,(H,16,18)/t12-,13-/m0/s1. The largest absolute Gasteiger partial charge is 0.447 e. The molecule has 1 aliphatic carbocycles. The van der Waals surface area contributed by atoms with Crippen LogP contribution in [-0.4, -0.2) is 29.4 Å². The van der Waals surface area contributed by atoms with Crippen molar-refractivity contribution < 1.29 is 14.6 Å². The Morgan fingerprint density at radius 2 is 2.05 bits per heavy atom. The first kappa shape index (κ1) is 15.8. The normalized spacial score (nSPS) is 19.5. The minimum Gasteiger partial charge on any atom is -0.447 e.